The first-order valence-electron chi connectivity index (χ1n) is 17.8. The normalized spacial score (nSPS) is 11.6. The van der Waals surface area contributed by atoms with Crippen molar-refractivity contribution in [1.82, 2.24) is 19.3 Å². The van der Waals surface area contributed by atoms with Crippen LogP contribution in [0.3, 0.4) is 0 Å². The van der Waals surface area contributed by atoms with Gasteiger partial charge in [0.05, 0.1) is 5.69 Å². The third-order valence-corrected chi connectivity index (χ3v) is 10.0. The topological polar surface area (TPSA) is 44.9 Å². The van der Waals surface area contributed by atoms with Gasteiger partial charge in [-0.25, -0.2) is 4.98 Å². The molecule has 53 heavy (non-hydrogen) atoms. The van der Waals surface area contributed by atoms with Crippen LogP contribution in [-0.4, -0.2) is 19.3 Å². The molecule has 0 bridgehead atoms. The van der Waals surface area contributed by atoms with Crippen molar-refractivity contribution in [2.75, 3.05) is 0 Å². The fraction of sp³-hybridized carbons (Fsp3) is 0.191. The summed E-state index contributed by atoms with van der Waals surface area (Å²) in [5.41, 5.74) is 14.3. The van der Waals surface area contributed by atoms with E-state index < -0.39 is 0 Å². The zero-order valence-electron chi connectivity index (χ0n) is 31.4. The molecule has 5 nitrogen and oxygen atoms in total. The maximum absolute atomic E-state index is 6.66. The molecule has 6 heteroatoms. The van der Waals surface area contributed by atoms with Crippen LogP contribution in [0.25, 0.3) is 55.6 Å². The summed E-state index contributed by atoms with van der Waals surface area (Å²) in [6.07, 6.45) is 1.85. The molecule has 0 fully saturated rings. The second-order valence-corrected chi connectivity index (χ2v) is 14.9. The van der Waals surface area contributed by atoms with E-state index in [1.165, 1.54) is 27.8 Å². The summed E-state index contributed by atoms with van der Waals surface area (Å²) < 4.78 is 10.8. The molecule has 0 aliphatic rings. The molecule has 0 saturated carbocycles. The number of para-hydroxylation sites is 1. The number of fused-ring (bicyclic) bond motifs is 3. The Hall–Kier alpha value is -5.28. The van der Waals surface area contributed by atoms with E-state index >= 15 is 0 Å². The summed E-state index contributed by atoms with van der Waals surface area (Å²) in [5, 5.41) is 7.36. The Morgan fingerprint density at radius 2 is 1.38 bits per heavy atom. The zero-order valence-corrected chi connectivity index (χ0v) is 33.0. The van der Waals surface area contributed by atoms with E-state index in [0.717, 1.165) is 61.4 Å². The first kappa shape index (κ1) is 36.1. The molecule has 0 radical (unpaired) electrons. The number of hydrogen-bond donors (Lipinski definition) is 0. The van der Waals surface area contributed by atoms with Crippen LogP contribution >= 0.6 is 0 Å². The SMILES string of the molecule is Cc1ccnc(-n2c3[c-]c(Oc4[c-]c(-n5nc(C)c(-c6c(C)cc(-c7ccccc7)cc6C)c5C)cc(C(C)(C)C)c4)ccc3c3ccccc32)c1.[Pd+2]. The molecule has 3 aromatic heterocycles. The minimum absolute atomic E-state index is 0. The molecule has 0 aliphatic heterocycles. The number of pyridine rings is 1. The van der Waals surface area contributed by atoms with Gasteiger partial charge in [0.2, 0.25) is 0 Å². The number of rotatable bonds is 6. The second kappa shape index (κ2) is 13.9. The molecule has 5 aromatic carbocycles. The van der Waals surface area contributed by atoms with Gasteiger partial charge >= 0.3 is 20.4 Å². The zero-order chi connectivity index (χ0) is 36.3. The van der Waals surface area contributed by atoms with Crippen molar-refractivity contribution in [1.29, 1.82) is 0 Å². The van der Waals surface area contributed by atoms with E-state index in [1.807, 2.05) is 23.0 Å². The van der Waals surface area contributed by atoms with Crippen LogP contribution < -0.4 is 4.74 Å². The second-order valence-electron chi connectivity index (χ2n) is 14.9. The van der Waals surface area contributed by atoms with Crippen LogP contribution in [0.2, 0.25) is 0 Å². The van der Waals surface area contributed by atoms with Crippen molar-refractivity contribution < 1.29 is 25.2 Å². The molecule has 8 aromatic rings. The van der Waals surface area contributed by atoms with Gasteiger partial charge in [0.1, 0.15) is 5.82 Å². The number of nitrogens with zero attached hydrogens (tertiary/aromatic N) is 4. The van der Waals surface area contributed by atoms with E-state index in [1.54, 1.807) is 0 Å². The van der Waals surface area contributed by atoms with E-state index in [2.05, 4.69) is 163 Å². The number of ether oxygens (including phenoxy) is 1. The first-order valence-corrected chi connectivity index (χ1v) is 17.8. The number of benzene rings is 5. The summed E-state index contributed by atoms with van der Waals surface area (Å²) in [6.45, 7) is 17.4. The van der Waals surface area contributed by atoms with Crippen molar-refractivity contribution in [2.24, 2.45) is 0 Å². The Labute approximate surface area is 326 Å². The first-order chi connectivity index (χ1) is 25.0. The average molecular weight is 785 g/mol. The molecule has 8 rings (SSSR count). The minimum atomic E-state index is -0.141. The van der Waals surface area contributed by atoms with E-state index in [0.29, 0.717) is 11.5 Å². The Kier molecular flexibility index (Phi) is 9.49. The molecular formula is C47H42N4OPd. The summed E-state index contributed by atoms with van der Waals surface area (Å²) >= 11 is 0. The van der Waals surface area contributed by atoms with Gasteiger partial charge in [-0.3, -0.25) is 4.68 Å². The van der Waals surface area contributed by atoms with Gasteiger partial charge in [0, 0.05) is 34.5 Å². The maximum Gasteiger partial charge on any atom is 2.00 e. The third-order valence-electron chi connectivity index (χ3n) is 10.0. The largest absolute Gasteiger partial charge is 2.00 e. The van der Waals surface area contributed by atoms with Crippen LogP contribution in [0.15, 0.2) is 109 Å². The van der Waals surface area contributed by atoms with Crippen molar-refractivity contribution in [3.63, 3.8) is 0 Å². The molecule has 0 aliphatic carbocycles. The number of aryl methyl sites for hydroxylation is 4. The summed E-state index contributed by atoms with van der Waals surface area (Å²) in [7, 11) is 0. The fourth-order valence-corrected chi connectivity index (χ4v) is 7.46. The monoisotopic (exact) mass is 784 g/mol. The van der Waals surface area contributed by atoms with Crippen LogP contribution in [0, 0.1) is 46.8 Å². The van der Waals surface area contributed by atoms with Gasteiger partial charge in [-0.15, -0.1) is 41.3 Å². The molecule has 0 atom stereocenters. The van der Waals surface area contributed by atoms with Crippen molar-refractivity contribution in [3.8, 4) is 45.3 Å². The molecule has 3 heterocycles. The Morgan fingerprint density at radius 1 is 0.660 bits per heavy atom. The molecule has 0 saturated heterocycles. The standard InChI is InChI=1S/C47H42N4O.Pd/c1-29-20-21-48-44(22-29)50-42-17-13-12-16-40(42)41-19-18-38(28-43(41)50)52-39-26-36(47(6,7)8)25-37(27-39)51-33(5)46(32(4)49-51)45-30(2)23-35(24-31(45)3)34-14-10-9-11-15-34;/h9-26H,1-8H3;/q-2;+2. The number of hydrogen-bond acceptors (Lipinski definition) is 3. The van der Waals surface area contributed by atoms with Gasteiger partial charge in [-0.1, -0.05) is 87.0 Å². The molecule has 0 amide bonds. The average Bonchev–Trinajstić information content (AvgIpc) is 3.60. The summed E-state index contributed by atoms with van der Waals surface area (Å²) in [4.78, 5) is 4.73. The van der Waals surface area contributed by atoms with E-state index in [4.69, 9.17) is 14.8 Å². The Morgan fingerprint density at radius 3 is 2.09 bits per heavy atom. The Bertz CT molecular complexity index is 2620. The molecule has 266 valence electrons. The quantitative estimate of drug-likeness (QED) is 0.125. The molecule has 0 spiro atoms. The minimum Gasteiger partial charge on any atom is -0.509 e. The molecule has 0 unspecified atom stereocenters. The Balaban J connectivity index is 0.00000435. The van der Waals surface area contributed by atoms with Gasteiger partial charge in [-0.2, -0.15) is 11.2 Å². The van der Waals surface area contributed by atoms with Crippen LogP contribution in [0.4, 0.5) is 0 Å². The van der Waals surface area contributed by atoms with Crippen LogP contribution in [-0.2, 0) is 25.8 Å². The van der Waals surface area contributed by atoms with Crippen LogP contribution in [0.1, 0.15) is 54.4 Å². The number of aromatic nitrogens is 4. The smallest absolute Gasteiger partial charge is 0.509 e. The van der Waals surface area contributed by atoms with Gasteiger partial charge in [0.25, 0.3) is 0 Å². The predicted octanol–water partition coefficient (Wildman–Crippen LogP) is 11.9. The maximum atomic E-state index is 6.66. The van der Waals surface area contributed by atoms with E-state index in [9.17, 15) is 0 Å². The van der Waals surface area contributed by atoms with Crippen molar-refractivity contribution in [2.45, 2.75) is 60.8 Å². The third kappa shape index (κ3) is 6.63. The van der Waals surface area contributed by atoms with Gasteiger partial charge < -0.3 is 9.30 Å². The molecule has 0 N–H and O–H groups in total. The van der Waals surface area contributed by atoms with E-state index in [-0.39, 0.29) is 25.8 Å². The van der Waals surface area contributed by atoms with Gasteiger partial charge in [-0.05, 0) is 103 Å². The van der Waals surface area contributed by atoms with Crippen LogP contribution in [0.5, 0.6) is 11.5 Å². The van der Waals surface area contributed by atoms with Crippen molar-refractivity contribution in [3.05, 3.63) is 155 Å². The summed E-state index contributed by atoms with van der Waals surface area (Å²) in [5.74, 6) is 2.07. The van der Waals surface area contributed by atoms with Crippen molar-refractivity contribution >= 4 is 21.8 Å². The fourth-order valence-electron chi connectivity index (χ4n) is 7.46. The molecular weight excluding hydrogens is 743 g/mol. The van der Waals surface area contributed by atoms with Gasteiger partial charge in [0.15, 0.2) is 0 Å². The summed E-state index contributed by atoms with van der Waals surface area (Å²) in [6, 6.07) is 43.2. The predicted molar refractivity (Wildman–Crippen MR) is 213 cm³/mol.